The molecule has 172 valence electrons. The molecule has 0 aliphatic carbocycles. The molecule has 1 fully saturated rings. The van der Waals surface area contributed by atoms with Crippen LogP contribution in [-0.2, 0) is 14.3 Å². The number of carbonyl (C=O) groups excluding carboxylic acids is 3. The number of ether oxygens (including phenoxy) is 1. The Balaban J connectivity index is 2.07. The zero-order chi connectivity index (χ0) is 23.0. The quantitative estimate of drug-likeness (QED) is 0.614. The summed E-state index contributed by atoms with van der Waals surface area (Å²) < 4.78 is 19.0. The average molecular weight is 436 g/mol. The predicted molar refractivity (Wildman–Crippen MR) is 116 cm³/mol. The van der Waals surface area contributed by atoms with Crippen molar-refractivity contribution in [3.63, 3.8) is 0 Å². The number of amides is 3. The van der Waals surface area contributed by atoms with E-state index in [4.69, 9.17) is 4.74 Å². The van der Waals surface area contributed by atoms with Gasteiger partial charge < -0.3 is 20.3 Å². The Hall–Kier alpha value is -2.48. The van der Waals surface area contributed by atoms with Gasteiger partial charge in [0, 0.05) is 33.2 Å². The molecule has 1 aromatic carbocycles. The van der Waals surface area contributed by atoms with Gasteiger partial charge in [0.05, 0.1) is 12.2 Å². The summed E-state index contributed by atoms with van der Waals surface area (Å²) in [6.07, 6.45) is 1.62. The highest BCUT2D eigenvalue weighted by molar-refractivity contribution is 5.97. The van der Waals surface area contributed by atoms with Crippen molar-refractivity contribution in [3.05, 3.63) is 35.6 Å². The highest BCUT2D eigenvalue weighted by Gasteiger charge is 2.34. The standard InChI is InChI=1S/C23H34FN3O4/c1-23(2,3)15-19(28)27-12-9-16(10-13-27)20(22(30)25-11-14-31-4)26-21(29)17-7-5-6-8-18(17)24/h5-8,16,20H,9-15H2,1-4H3,(H,25,30)(H,26,29)/t20-/m0/s1. The zero-order valence-corrected chi connectivity index (χ0v) is 18.9. The van der Waals surface area contributed by atoms with E-state index >= 15 is 0 Å². The highest BCUT2D eigenvalue weighted by atomic mass is 19.1. The van der Waals surface area contributed by atoms with Crippen molar-refractivity contribution in [3.8, 4) is 0 Å². The van der Waals surface area contributed by atoms with Gasteiger partial charge in [-0.15, -0.1) is 0 Å². The fourth-order valence-corrected chi connectivity index (χ4v) is 3.70. The number of nitrogens with one attached hydrogen (secondary N) is 2. The van der Waals surface area contributed by atoms with E-state index in [2.05, 4.69) is 10.6 Å². The molecule has 7 nitrogen and oxygen atoms in total. The van der Waals surface area contributed by atoms with Gasteiger partial charge in [0.15, 0.2) is 0 Å². The second-order valence-electron chi connectivity index (χ2n) is 9.17. The number of carbonyl (C=O) groups is 3. The molecule has 3 amide bonds. The maximum atomic E-state index is 14.0. The molecule has 0 aromatic heterocycles. The maximum absolute atomic E-state index is 14.0. The van der Waals surface area contributed by atoms with Crippen LogP contribution in [0.2, 0.25) is 0 Å². The number of hydrogen-bond acceptors (Lipinski definition) is 4. The second kappa shape index (κ2) is 11.2. The molecule has 0 bridgehead atoms. The average Bonchev–Trinajstić information content (AvgIpc) is 2.71. The first kappa shape index (κ1) is 24.8. The van der Waals surface area contributed by atoms with Crippen molar-refractivity contribution in [2.45, 2.75) is 46.1 Å². The molecular formula is C23H34FN3O4. The van der Waals surface area contributed by atoms with Crippen molar-refractivity contribution in [1.82, 2.24) is 15.5 Å². The van der Waals surface area contributed by atoms with E-state index in [-0.39, 0.29) is 28.7 Å². The van der Waals surface area contributed by atoms with Gasteiger partial charge in [-0.1, -0.05) is 32.9 Å². The normalized spacial score (nSPS) is 16.0. The van der Waals surface area contributed by atoms with E-state index in [0.29, 0.717) is 45.5 Å². The third-order valence-corrected chi connectivity index (χ3v) is 5.34. The fourth-order valence-electron chi connectivity index (χ4n) is 3.70. The van der Waals surface area contributed by atoms with E-state index < -0.39 is 17.8 Å². The summed E-state index contributed by atoms with van der Waals surface area (Å²) in [7, 11) is 1.54. The summed E-state index contributed by atoms with van der Waals surface area (Å²) in [4.78, 5) is 39.8. The number of rotatable bonds is 8. The van der Waals surface area contributed by atoms with Crippen LogP contribution in [0.4, 0.5) is 4.39 Å². The minimum absolute atomic E-state index is 0.0918. The number of hydrogen-bond donors (Lipinski definition) is 2. The van der Waals surface area contributed by atoms with Crippen LogP contribution < -0.4 is 10.6 Å². The Morgan fingerprint density at radius 3 is 2.42 bits per heavy atom. The number of nitrogens with zero attached hydrogens (tertiary/aromatic N) is 1. The van der Waals surface area contributed by atoms with Crippen LogP contribution >= 0.6 is 0 Å². The summed E-state index contributed by atoms with van der Waals surface area (Å²) in [6, 6.07) is 4.86. The Morgan fingerprint density at radius 2 is 1.84 bits per heavy atom. The Labute approximate surface area is 183 Å². The van der Waals surface area contributed by atoms with Gasteiger partial charge in [-0.2, -0.15) is 0 Å². The van der Waals surface area contributed by atoms with Crippen molar-refractivity contribution >= 4 is 17.7 Å². The number of likely N-dealkylation sites (tertiary alicyclic amines) is 1. The molecule has 2 rings (SSSR count). The summed E-state index contributed by atoms with van der Waals surface area (Å²) >= 11 is 0. The molecule has 2 N–H and O–H groups in total. The van der Waals surface area contributed by atoms with Gasteiger partial charge >= 0.3 is 0 Å². The summed E-state index contributed by atoms with van der Waals surface area (Å²) in [5, 5.41) is 5.48. The topological polar surface area (TPSA) is 87.7 Å². The van der Waals surface area contributed by atoms with Gasteiger partial charge in [-0.3, -0.25) is 14.4 Å². The molecule has 1 aliphatic heterocycles. The molecule has 0 saturated carbocycles. The summed E-state index contributed by atoms with van der Waals surface area (Å²) in [5.41, 5.74) is -0.194. The predicted octanol–water partition coefficient (Wildman–Crippen LogP) is 2.36. The fraction of sp³-hybridized carbons (Fsp3) is 0.609. The van der Waals surface area contributed by atoms with Crippen LogP contribution in [0, 0.1) is 17.2 Å². The van der Waals surface area contributed by atoms with Crippen LogP contribution in [0.5, 0.6) is 0 Å². The van der Waals surface area contributed by atoms with Gasteiger partial charge in [-0.25, -0.2) is 4.39 Å². The van der Waals surface area contributed by atoms with Crippen molar-refractivity contribution in [2.24, 2.45) is 11.3 Å². The van der Waals surface area contributed by atoms with Gasteiger partial charge in [0.1, 0.15) is 11.9 Å². The van der Waals surface area contributed by atoms with Crippen molar-refractivity contribution in [2.75, 3.05) is 33.4 Å². The van der Waals surface area contributed by atoms with Crippen LogP contribution in [-0.4, -0.2) is 62.0 Å². The molecule has 0 radical (unpaired) electrons. The Bertz CT molecular complexity index is 770. The van der Waals surface area contributed by atoms with E-state index in [1.165, 1.54) is 25.3 Å². The van der Waals surface area contributed by atoms with E-state index in [1.807, 2.05) is 25.7 Å². The van der Waals surface area contributed by atoms with Gasteiger partial charge in [0.2, 0.25) is 11.8 Å². The van der Waals surface area contributed by atoms with Crippen LogP contribution in [0.15, 0.2) is 24.3 Å². The molecule has 1 aromatic rings. The van der Waals surface area contributed by atoms with Gasteiger partial charge in [-0.05, 0) is 36.3 Å². The third kappa shape index (κ3) is 7.61. The molecule has 1 heterocycles. The molecular weight excluding hydrogens is 401 g/mol. The number of halogens is 1. The minimum Gasteiger partial charge on any atom is -0.383 e. The maximum Gasteiger partial charge on any atom is 0.254 e. The first-order valence-corrected chi connectivity index (χ1v) is 10.7. The van der Waals surface area contributed by atoms with Crippen LogP contribution in [0.1, 0.15) is 50.4 Å². The lowest BCUT2D eigenvalue weighted by molar-refractivity contribution is -0.134. The van der Waals surface area contributed by atoms with E-state index in [9.17, 15) is 18.8 Å². The Morgan fingerprint density at radius 1 is 1.19 bits per heavy atom. The van der Waals surface area contributed by atoms with Crippen molar-refractivity contribution in [1.29, 1.82) is 0 Å². The highest BCUT2D eigenvalue weighted by Crippen LogP contribution is 2.25. The second-order valence-corrected chi connectivity index (χ2v) is 9.17. The smallest absolute Gasteiger partial charge is 0.254 e. The molecule has 0 spiro atoms. The monoisotopic (exact) mass is 435 g/mol. The minimum atomic E-state index is -0.816. The van der Waals surface area contributed by atoms with Crippen LogP contribution in [0.25, 0.3) is 0 Å². The first-order chi connectivity index (χ1) is 14.6. The first-order valence-electron chi connectivity index (χ1n) is 10.7. The number of benzene rings is 1. The largest absolute Gasteiger partial charge is 0.383 e. The lowest BCUT2D eigenvalue weighted by atomic mass is 9.87. The Kier molecular flexibility index (Phi) is 8.98. The summed E-state index contributed by atoms with van der Waals surface area (Å²) in [6.45, 7) is 7.78. The van der Waals surface area contributed by atoms with E-state index in [0.717, 1.165) is 0 Å². The van der Waals surface area contributed by atoms with Crippen LogP contribution in [0.3, 0.4) is 0 Å². The lowest BCUT2D eigenvalue weighted by Crippen LogP contribution is -2.54. The van der Waals surface area contributed by atoms with Gasteiger partial charge in [0.25, 0.3) is 5.91 Å². The molecule has 0 unspecified atom stereocenters. The number of methoxy groups -OCH3 is 1. The lowest BCUT2D eigenvalue weighted by Gasteiger charge is -2.36. The third-order valence-electron chi connectivity index (χ3n) is 5.34. The molecule has 1 aliphatic rings. The molecule has 1 saturated heterocycles. The van der Waals surface area contributed by atoms with E-state index in [1.54, 1.807) is 6.07 Å². The molecule has 8 heteroatoms. The SMILES string of the molecule is COCCNC(=O)[C@@H](NC(=O)c1ccccc1F)C1CCN(C(=O)CC(C)(C)C)CC1. The number of piperidine rings is 1. The van der Waals surface area contributed by atoms with Crippen molar-refractivity contribution < 1.29 is 23.5 Å². The summed E-state index contributed by atoms with van der Waals surface area (Å²) in [5.74, 6) is -1.65. The molecule has 1 atom stereocenters. The zero-order valence-electron chi connectivity index (χ0n) is 18.9. The molecule has 31 heavy (non-hydrogen) atoms.